The molecule has 3 aromatic rings. The fourth-order valence-corrected chi connectivity index (χ4v) is 7.16. The van der Waals surface area contributed by atoms with E-state index in [0.29, 0.717) is 28.8 Å². The van der Waals surface area contributed by atoms with Gasteiger partial charge in [0.15, 0.2) is 11.5 Å². The number of aliphatic hydroxyl groups is 1. The molecule has 0 aliphatic carbocycles. The SMILES string of the molecule is COc1cc(N2Cc3cc(-c4ccc(Cl)cc4)sc3C2=O)ccc1OCC1(O)CCS(O)(O)CC1. The van der Waals surface area contributed by atoms with E-state index >= 15 is 0 Å². The summed E-state index contributed by atoms with van der Waals surface area (Å²) in [5.41, 5.74) is 1.59. The number of nitrogens with zero attached hydrogens (tertiary/aromatic N) is 1. The molecule has 0 radical (unpaired) electrons. The van der Waals surface area contributed by atoms with Gasteiger partial charge in [-0.2, -0.15) is 10.6 Å². The third-order valence-corrected chi connectivity index (χ3v) is 9.63. The quantitative estimate of drug-likeness (QED) is 0.364. The van der Waals surface area contributed by atoms with Crippen LogP contribution in [0.1, 0.15) is 28.1 Å². The van der Waals surface area contributed by atoms with Crippen molar-refractivity contribution in [1.29, 1.82) is 0 Å². The number of benzene rings is 2. The number of fused-ring (bicyclic) bond motifs is 1. The lowest BCUT2D eigenvalue weighted by atomic mass is 9.98. The molecular weight excluding hydrogens is 510 g/mol. The number of amides is 1. The molecule has 186 valence electrons. The molecule has 3 heterocycles. The molecule has 1 saturated heterocycles. The number of carbonyl (C=O) groups excluding carboxylic acids is 1. The molecule has 0 spiro atoms. The second kappa shape index (κ2) is 9.31. The molecule has 5 rings (SSSR count). The van der Waals surface area contributed by atoms with E-state index in [9.17, 15) is 19.0 Å². The van der Waals surface area contributed by atoms with Gasteiger partial charge in [0.1, 0.15) is 12.2 Å². The van der Waals surface area contributed by atoms with Gasteiger partial charge in [0, 0.05) is 33.2 Å². The minimum Gasteiger partial charge on any atom is -0.493 e. The van der Waals surface area contributed by atoms with E-state index in [-0.39, 0.29) is 36.9 Å². The molecular formula is C25H26ClNO6S2. The van der Waals surface area contributed by atoms with E-state index in [1.807, 2.05) is 24.3 Å². The Balaban J connectivity index is 1.29. The average molecular weight is 536 g/mol. The number of halogens is 1. The van der Waals surface area contributed by atoms with Gasteiger partial charge in [-0.05, 0) is 54.3 Å². The molecule has 1 fully saturated rings. The van der Waals surface area contributed by atoms with Crippen molar-refractivity contribution in [3.8, 4) is 21.9 Å². The zero-order chi connectivity index (χ0) is 24.8. The normalized spacial score (nSPS) is 19.3. The van der Waals surface area contributed by atoms with Gasteiger partial charge in [0.2, 0.25) is 0 Å². The number of hydrogen-bond donors (Lipinski definition) is 3. The van der Waals surface area contributed by atoms with Crippen molar-refractivity contribution in [2.75, 3.05) is 30.1 Å². The van der Waals surface area contributed by atoms with Crippen LogP contribution in [0.2, 0.25) is 5.02 Å². The molecule has 1 aromatic heterocycles. The molecule has 0 saturated carbocycles. The highest BCUT2D eigenvalue weighted by atomic mass is 35.5. The number of ether oxygens (including phenoxy) is 2. The molecule has 0 unspecified atom stereocenters. The molecule has 2 aliphatic heterocycles. The Morgan fingerprint density at radius 2 is 1.80 bits per heavy atom. The Kier molecular flexibility index (Phi) is 6.50. The van der Waals surface area contributed by atoms with Gasteiger partial charge in [0.25, 0.3) is 5.91 Å². The summed E-state index contributed by atoms with van der Waals surface area (Å²) in [7, 11) is -1.06. The smallest absolute Gasteiger partial charge is 0.269 e. The summed E-state index contributed by atoms with van der Waals surface area (Å²) in [5, 5.41) is 11.4. The van der Waals surface area contributed by atoms with Gasteiger partial charge < -0.3 is 19.5 Å². The number of rotatable bonds is 6. The molecule has 7 nitrogen and oxygen atoms in total. The summed E-state index contributed by atoms with van der Waals surface area (Å²) in [6.45, 7) is 0.486. The largest absolute Gasteiger partial charge is 0.493 e. The predicted octanol–water partition coefficient (Wildman–Crippen LogP) is 5.89. The zero-order valence-electron chi connectivity index (χ0n) is 19.1. The third-order valence-electron chi connectivity index (χ3n) is 6.45. The highest BCUT2D eigenvalue weighted by Gasteiger charge is 2.37. The van der Waals surface area contributed by atoms with Crippen molar-refractivity contribution in [2.24, 2.45) is 0 Å². The van der Waals surface area contributed by atoms with Gasteiger partial charge in [0.05, 0.1) is 18.5 Å². The van der Waals surface area contributed by atoms with Crippen LogP contribution < -0.4 is 14.4 Å². The van der Waals surface area contributed by atoms with E-state index in [0.717, 1.165) is 20.9 Å². The van der Waals surface area contributed by atoms with Gasteiger partial charge in [-0.3, -0.25) is 13.9 Å². The second-order valence-corrected chi connectivity index (χ2v) is 12.8. The lowest BCUT2D eigenvalue weighted by Gasteiger charge is -2.43. The van der Waals surface area contributed by atoms with Gasteiger partial charge >= 0.3 is 0 Å². The first-order valence-corrected chi connectivity index (χ1v) is 14.2. The Morgan fingerprint density at radius 3 is 2.46 bits per heavy atom. The average Bonchev–Trinajstić information content (AvgIpc) is 3.40. The lowest BCUT2D eigenvalue weighted by molar-refractivity contribution is -0.0145. The van der Waals surface area contributed by atoms with E-state index in [1.165, 1.54) is 18.4 Å². The van der Waals surface area contributed by atoms with Gasteiger partial charge in [-0.15, -0.1) is 11.3 Å². The van der Waals surface area contributed by atoms with Gasteiger partial charge in [-0.25, -0.2) is 0 Å². The van der Waals surface area contributed by atoms with Crippen LogP contribution in [0.4, 0.5) is 5.69 Å². The Bertz CT molecular complexity index is 1250. The predicted molar refractivity (Wildman–Crippen MR) is 141 cm³/mol. The highest BCUT2D eigenvalue weighted by Crippen LogP contribution is 2.47. The molecule has 2 aliphatic rings. The Morgan fingerprint density at radius 1 is 1.09 bits per heavy atom. The lowest BCUT2D eigenvalue weighted by Crippen LogP contribution is -2.42. The third kappa shape index (κ3) is 5.02. The van der Waals surface area contributed by atoms with Crippen LogP contribution in [0, 0.1) is 0 Å². The van der Waals surface area contributed by atoms with Crippen molar-refractivity contribution in [3.05, 3.63) is 64.0 Å². The maximum Gasteiger partial charge on any atom is 0.269 e. The summed E-state index contributed by atoms with van der Waals surface area (Å²) in [6, 6.07) is 14.9. The number of anilines is 1. The molecule has 3 N–H and O–H groups in total. The Hall–Kier alpha value is -2.27. The molecule has 2 aromatic carbocycles. The maximum absolute atomic E-state index is 13.2. The van der Waals surface area contributed by atoms with Crippen molar-refractivity contribution in [2.45, 2.75) is 25.0 Å². The number of methoxy groups -OCH3 is 1. The minimum atomic E-state index is -2.59. The van der Waals surface area contributed by atoms with Crippen LogP contribution in [0.3, 0.4) is 0 Å². The summed E-state index contributed by atoms with van der Waals surface area (Å²) < 4.78 is 31.0. The molecule has 1 amide bonds. The topological polar surface area (TPSA) is 99.5 Å². The first kappa shape index (κ1) is 24.4. The fraction of sp³-hybridized carbons (Fsp3) is 0.320. The van der Waals surface area contributed by atoms with Crippen molar-refractivity contribution in [3.63, 3.8) is 0 Å². The second-order valence-electron chi connectivity index (χ2n) is 8.92. The van der Waals surface area contributed by atoms with Crippen molar-refractivity contribution < 1.29 is 28.5 Å². The van der Waals surface area contributed by atoms with Crippen LogP contribution in [0.5, 0.6) is 11.5 Å². The van der Waals surface area contributed by atoms with Crippen LogP contribution in [0.25, 0.3) is 10.4 Å². The number of thiophene rings is 1. The van der Waals surface area contributed by atoms with Crippen LogP contribution >= 0.6 is 33.5 Å². The van der Waals surface area contributed by atoms with Crippen molar-refractivity contribution >= 4 is 45.1 Å². The summed E-state index contributed by atoms with van der Waals surface area (Å²) in [6.07, 6.45) is 0.525. The minimum absolute atomic E-state index is 0.0195. The summed E-state index contributed by atoms with van der Waals surface area (Å²) in [5.74, 6) is 1.19. The van der Waals surface area contributed by atoms with Crippen molar-refractivity contribution in [1.82, 2.24) is 0 Å². The molecule has 35 heavy (non-hydrogen) atoms. The number of carbonyl (C=O) groups is 1. The van der Waals surface area contributed by atoms with E-state index in [4.69, 9.17) is 21.1 Å². The van der Waals surface area contributed by atoms with Crippen LogP contribution in [-0.2, 0) is 6.54 Å². The molecule has 0 bridgehead atoms. The van der Waals surface area contributed by atoms with E-state index in [2.05, 4.69) is 6.07 Å². The molecule has 10 heteroatoms. The monoisotopic (exact) mass is 535 g/mol. The molecule has 0 atom stereocenters. The fourth-order valence-electron chi connectivity index (χ4n) is 4.29. The summed E-state index contributed by atoms with van der Waals surface area (Å²) >= 11 is 7.46. The highest BCUT2D eigenvalue weighted by molar-refractivity contribution is 8.24. The standard InChI is InChI=1S/C25H26ClNO6S2/c1-32-21-13-19(6-7-20(21)33-15-25(29)8-10-35(30,31)11-9-25)27-14-17-12-22(34-23(17)24(27)28)16-2-4-18(26)5-3-16/h2-7,12-13,29-31H,8-11,14-15H2,1H3. The number of hydrogen-bond acceptors (Lipinski definition) is 7. The van der Waals surface area contributed by atoms with E-state index < -0.39 is 16.2 Å². The maximum atomic E-state index is 13.2. The zero-order valence-corrected chi connectivity index (χ0v) is 21.5. The summed E-state index contributed by atoms with van der Waals surface area (Å²) in [4.78, 5) is 16.6. The van der Waals surface area contributed by atoms with E-state index in [1.54, 1.807) is 23.1 Å². The van der Waals surface area contributed by atoms with Gasteiger partial charge in [-0.1, -0.05) is 23.7 Å². The van der Waals surface area contributed by atoms with Crippen LogP contribution in [-0.4, -0.2) is 50.9 Å². The first-order chi connectivity index (χ1) is 16.7. The van der Waals surface area contributed by atoms with Crippen LogP contribution in [0.15, 0.2) is 48.5 Å². The Labute approximate surface area is 214 Å². The first-order valence-electron chi connectivity index (χ1n) is 11.1.